The van der Waals surface area contributed by atoms with E-state index in [0.717, 1.165) is 70.6 Å². The van der Waals surface area contributed by atoms with Gasteiger partial charge in [0.2, 0.25) is 0 Å². The molecule has 4 atom stereocenters. The lowest BCUT2D eigenvalue weighted by molar-refractivity contribution is -0.161. The highest BCUT2D eigenvalue weighted by atomic mass is 31.2. The van der Waals surface area contributed by atoms with E-state index < -0.39 is 63.8 Å². The number of phosphoric acid groups is 1. The standard InChI is InChI=1S/C42H70NO11P/c1-3-5-7-8-9-10-11-12-13-14-15-18-21-24-28-32-40(45)51-34-38(35-52-55(49,50)53-36-39(43)42(47)48)54-41(46)33-29-25-22-19-16-17-20-23-27-31-37(44)30-26-6-4-2/h6,9-10,12-13,15,18,20,23,26-27,31,37-39,44H,3-5,7-8,11,14,16-17,19,21-22,24-25,28-30,32-36,43H2,1-2H3,(H,47,48)(H,49,50)/b10-9-,13-12-,18-15-,23-20+,26-6+,31-27+/t37?,38-,39+/m1/s1. The molecular formula is C42H70NO11P. The number of hydrogen-bond donors (Lipinski definition) is 4. The number of aliphatic hydroxyl groups is 1. The lowest BCUT2D eigenvalue weighted by atomic mass is 10.1. The van der Waals surface area contributed by atoms with Gasteiger partial charge in [0.05, 0.1) is 19.3 Å². The molecule has 0 spiro atoms. The Bertz CT molecular complexity index is 1230. The Balaban J connectivity index is 4.57. The van der Waals surface area contributed by atoms with Crippen LogP contribution in [0.1, 0.15) is 136 Å². The molecule has 0 aliphatic rings. The quantitative estimate of drug-likeness (QED) is 0.0155. The highest BCUT2D eigenvalue weighted by Crippen LogP contribution is 2.43. The van der Waals surface area contributed by atoms with Crippen molar-refractivity contribution in [3.8, 4) is 0 Å². The molecule has 0 rings (SSSR count). The van der Waals surface area contributed by atoms with E-state index in [1.54, 1.807) is 6.08 Å². The first-order valence-electron chi connectivity index (χ1n) is 20.1. The SMILES string of the molecule is CC/C=C/CC(O)/C=C/C=C/CCCCCCCC(=O)O[C@H](COC(=O)CCCC/C=C\C/C=C\C/C=C\CCCCC)COP(=O)(O)OC[C@H](N)C(=O)O. The van der Waals surface area contributed by atoms with Gasteiger partial charge in [-0.25, -0.2) is 4.57 Å². The maximum absolute atomic E-state index is 12.6. The Morgan fingerprint density at radius 1 is 0.673 bits per heavy atom. The van der Waals surface area contributed by atoms with E-state index in [9.17, 15) is 28.9 Å². The molecule has 0 radical (unpaired) electrons. The summed E-state index contributed by atoms with van der Waals surface area (Å²) in [4.78, 5) is 45.8. The average Bonchev–Trinajstić information content (AvgIpc) is 3.15. The fourth-order valence-corrected chi connectivity index (χ4v) is 5.59. The van der Waals surface area contributed by atoms with Crippen LogP contribution in [0.2, 0.25) is 0 Å². The fraction of sp³-hybridized carbons (Fsp3) is 0.643. The zero-order valence-corrected chi connectivity index (χ0v) is 34.2. The monoisotopic (exact) mass is 795 g/mol. The van der Waals surface area contributed by atoms with Crippen molar-refractivity contribution < 1.29 is 52.6 Å². The topological polar surface area (TPSA) is 192 Å². The van der Waals surface area contributed by atoms with Gasteiger partial charge in [-0.3, -0.25) is 23.4 Å². The largest absolute Gasteiger partial charge is 0.480 e. The van der Waals surface area contributed by atoms with Crippen LogP contribution >= 0.6 is 7.82 Å². The van der Waals surface area contributed by atoms with Crippen LogP contribution < -0.4 is 5.73 Å². The van der Waals surface area contributed by atoms with Gasteiger partial charge in [-0.2, -0.15) is 0 Å². The van der Waals surface area contributed by atoms with E-state index in [-0.39, 0.29) is 12.8 Å². The number of esters is 2. The van der Waals surface area contributed by atoms with Gasteiger partial charge < -0.3 is 30.3 Å². The molecule has 314 valence electrons. The van der Waals surface area contributed by atoms with Crippen molar-refractivity contribution in [2.45, 2.75) is 154 Å². The van der Waals surface area contributed by atoms with Crippen LogP contribution in [0.5, 0.6) is 0 Å². The summed E-state index contributed by atoms with van der Waals surface area (Å²) in [6.45, 7) is 2.46. The van der Waals surface area contributed by atoms with Crippen LogP contribution in [0.3, 0.4) is 0 Å². The summed E-state index contributed by atoms with van der Waals surface area (Å²) < 4.78 is 32.5. The first-order valence-corrected chi connectivity index (χ1v) is 21.6. The van der Waals surface area contributed by atoms with Crippen LogP contribution in [0.25, 0.3) is 0 Å². The summed E-state index contributed by atoms with van der Waals surface area (Å²) >= 11 is 0. The predicted octanol–water partition coefficient (Wildman–Crippen LogP) is 9.14. The third kappa shape index (κ3) is 36.3. The van der Waals surface area contributed by atoms with Crippen molar-refractivity contribution in [3.05, 3.63) is 72.9 Å². The molecule has 5 N–H and O–H groups in total. The summed E-state index contributed by atoms with van der Waals surface area (Å²) in [6, 6.07) is -1.54. The second kappa shape index (κ2) is 36.5. The van der Waals surface area contributed by atoms with Crippen LogP contribution in [0, 0.1) is 0 Å². The Morgan fingerprint density at radius 2 is 1.24 bits per heavy atom. The number of aliphatic hydroxyl groups excluding tert-OH is 1. The molecule has 0 amide bonds. The number of nitrogens with two attached hydrogens (primary N) is 1. The summed E-state index contributed by atoms with van der Waals surface area (Å²) in [5.74, 6) is -2.50. The van der Waals surface area contributed by atoms with Gasteiger partial charge >= 0.3 is 25.7 Å². The number of hydrogen-bond acceptors (Lipinski definition) is 10. The second-order valence-corrected chi connectivity index (χ2v) is 14.7. The summed E-state index contributed by atoms with van der Waals surface area (Å²) in [5, 5.41) is 18.7. The molecule has 0 saturated carbocycles. The number of aliphatic carboxylic acids is 1. The molecule has 2 unspecified atom stereocenters. The molecule has 0 fully saturated rings. The molecule has 13 heteroatoms. The van der Waals surface area contributed by atoms with E-state index in [1.807, 2.05) is 24.3 Å². The van der Waals surface area contributed by atoms with Gasteiger partial charge in [0.1, 0.15) is 12.6 Å². The van der Waals surface area contributed by atoms with Crippen molar-refractivity contribution in [3.63, 3.8) is 0 Å². The van der Waals surface area contributed by atoms with Crippen molar-refractivity contribution >= 4 is 25.7 Å². The number of allylic oxidation sites excluding steroid dienone is 10. The van der Waals surface area contributed by atoms with Crippen molar-refractivity contribution in [2.24, 2.45) is 5.73 Å². The third-order valence-corrected chi connectivity index (χ3v) is 8.97. The van der Waals surface area contributed by atoms with Crippen LogP contribution in [0.15, 0.2) is 72.9 Å². The number of carboxylic acids is 1. The minimum atomic E-state index is -4.74. The number of carboxylic acid groups (broad SMARTS) is 1. The first-order chi connectivity index (χ1) is 26.5. The molecular weight excluding hydrogens is 725 g/mol. The van der Waals surface area contributed by atoms with Crippen LogP contribution in [0.4, 0.5) is 0 Å². The Labute approximate surface area is 330 Å². The molecule has 12 nitrogen and oxygen atoms in total. The van der Waals surface area contributed by atoms with Crippen molar-refractivity contribution in [1.82, 2.24) is 0 Å². The fourth-order valence-electron chi connectivity index (χ4n) is 4.81. The molecule has 0 aliphatic carbocycles. The maximum Gasteiger partial charge on any atom is 0.472 e. The molecule has 55 heavy (non-hydrogen) atoms. The van der Waals surface area contributed by atoms with Crippen LogP contribution in [-0.2, 0) is 37.5 Å². The molecule has 0 aromatic rings. The number of unbranched alkanes of at least 4 members (excludes halogenated alkanes) is 10. The highest BCUT2D eigenvalue weighted by molar-refractivity contribution is 7.47. The molecule has 0 aliphatic heterocycles. The second-order valence-electron chi connectivity index (χ2n) is 13.2. The zero-order chi connectivity index (χ0) is 40.8. The van der Waals surface area contributed by atoms with E-state index in [4.69, 9.17) is 24.8 Å². The highest BCUT2D eigenvalue weighted by Gasteiger charge is 2.28. The normalized spacial score (nSPS) is 15.1. The predicted molar refractivity (Wildman–Crippen MR) is 218 cm³/mol. The van der Waals surface area contributed by atoms with Crippen molar-refractivity contribution in [2.75, 3.05) is 19.8 Å². The molecule has 0 aromatic carbocycles. The van der Waals surface area contributed by atoms with E-state index >= 15 is 0 Å². The summed E-state index contributed by atoms with van der Waals surface area (Å²) in [7, 11) is -4.74. The molecule has 0 bridgehead atoms. The smallest absolute Gasteiger partial charge is 0.472 e. The number of carbonyl (C=O) groups is 3. The Kier molecular flexibility index (Phi) is 34.4. The van der Waals surface area contributed by atoms with E-state index in [2.05, 4.69) is 60.9 Å². The number of phosphoric ester groups is 1. The van der Waals surface area contributed by atoms with Gasteiger partial charge in [-0.15, -0.1) is 0 Å². The van der Waals surface area contributed by atoms with Gasteiger partial charge in [0.15, 0.2) is 6.10 Å². The molecule has 0 aromatic heterocycles. The lowest BCUT2D eigenvalue weighted by Crippen LogP contribution is -2.34. The van der Waals surface area contributed by atoms with Gasteiger partial charge in [0.25, 0.3) is 0 Å². The van der Waals surface area contributed by atoms with Gasteiger partial charge in [-0.05, 0) is 77.0 Å². The minimum Gasteiger partial charge on any atom is -0.480 e. The van der Waals surface area contributed by atoms with Gasteiger partial charge in [0, 0.05) is 12.8 Å². The Morgan fingerprint density at radius 3 is 1.91 bits per heavy atom. The number of ether oxygens (including phenoxy) is 2. The maximum atomic E-state index is 12.6. The average molecular weight is 796 g/mol. The van der Waals surface area contributed by atoms with E-state index in [0.29, 0.717) is 19.3 Å². The van der Waals surface area contributed by atoms with E-state index in [1.165, 1.54) is 19.3 Å². The van der Waals surface area contributed by atoms with Crippen LogP contribution in [-0.4, -0.2) is 71.1 Å². The number of carbonyl (C=O) groups excluding carboxylic acids is 2. The molecule has 0 saturated heterocycles. The lowest BCUT2D eigenvalue weighted by Gasteiger charge is -2.20. The zero-order valence-electron chi connectivity index (χ0n) is 33.3. The number of rotatable bonds is 36. The first kappa shape index (κ1) is 51.9. The summed E-state index contributed by atoms with van der Waals surface area (Å²) in [5.41, 5.74) is 5.31. The van der Waals surface area contributed by atoms with Gasteiger partial charge in [-0.1, -0.05) is 119 Å². The van der Waals surface area contributed by atoms with Crippen molar-refractivity contribution in [1.29, 1.82) is 0 Å². The summed E-state index contributed by atoms with van der Waals surface area (Å²) in [6.07, 6.45) is 38.7. The molecule has 0 heterocycles. The Hall–Kier alpha value is -3.12. The third-order valence-electron chi connectivity index (χ3n) is 8.02. The minimum absolute atomic E-state index is 0.102.